The molecule has 11 atom stereocenters. The van der Waals surface area contributed by atoms with Crippen LogP contribution in [0.15, 0.2) is 36.4 Å². The lowest BCUT2D eigenvalue weighted by Crippen LogP contribution is -2.64. The minimum atomic E-state index is -1.70. The average molecular weight is 581 g/mol. The maximum absolute atomic E-state index is 12.6. The first-order valence-corrected chi connectivity index (χ1v) is 13.0. The summed E-state index contributed by atoms with van der Waals surface area (Å²) < 4.78 is 28.5. The van der Waals surface area contributed by atoms with Crippen LogP contribution in [0.4, 0.5) is 0 Å². The summed E-state index contributed by atoms with van der Waals surface area (Å²) in [6.45, 7) is 0.789. The smallest absolute Gasteiger partial charge is 0.229 e. The van der Waals surface area contributed by atoms with Crippen LogP contribution < -0.4 is 9.47 Å². The molecule has 14 nitrogen and oxygen atoms in total. The predicted molar refractivity (Wildman–Crippen MR) is 134 cm³/mol. The molecule has 2 fully saturated rings. The van der Waals surface area contributed by atoms with Crippen LogP contribution in [0.5, 0.6) is 23.0 Å². The van der Waals surface area contributed by atoms with Gasteiger partial charge in [-0.15, -0.1) is 0 Å². The fourth-order valence-corrected chi connectivity index (χ4v) is 5.08. The van der Waals surface area contributed by atoms with Gasteiger partial charge < -0.3 is 64.5 Å². The summed E-state index contributed by atoms with van der Waals surface area (Å²) in [4.78, 5) is 12.6. The van der Waals surface area contributed by atoms with Crippen LogP contribution in [0.2, 0.25) is 0 Å². The maximum atomic E-state index is 12.6. The molecule has 14 heteroatoms. The molecule has 0 bridgehead atoms. The van der Waals surface area contributed by atoms with E-state index in [-0.39, 0.29) is 40.8 Å². The van der Waals surface area contributed by atoms with Gasteiger partial charge in [-0.05, 0) is 24.6 Å². The zero-order valence-corrected chi connectivity index (χ0v) is 21.8. The van der Waals surface area contributed by atoms with Gasteiger partial charge in [0.25, 0.3) is 0 Å². The Kier molecular flexibility index (Phi) is 8.39. The highest BCUT2D eigenvalue weighted by atomic mass is 16.8. The molecule has 41 heavy (non-hydrogen) atoms. The molecule has 8 N–H and O–H groups in total. The standard InChI is InChI=1S/C27H32O14/c1-10-20(32)22(34)24(36)26(37-10)41-25-23(35)21(33)18(9-28)40-27(25)38-13-4-2-11(3-5-13)16-8-15(31)19-14(30)6-12(29)7-17(19)39-16/h2-7,10,16,18,20-30,32-36H,8-9H2,1H3. The number of aromatic hydroxyl groups is 2. The fraction of sp³-hybridized carbons (Fsp3) is 0.519. The topological polar surface area (TPSA) is 225 Å². The first-order chi connectivity index (χ1) is 19.5. The number of aliphatic hydroxyl groups is 6. The summed E-state index contributed by atoms with van der Waals surface area (Å²) in [5.74, 6) is -0.772. The lowest BCUT2D eigenvalue weighted by Gasteiger charge is -2.45. The normalized spacial score (nSPS) is 37.2. The van der Waals surface area contributed by atoms with Crippen molar-refractivity contribution in [1.29, 1.82) is 0 Å². The van der Waals surface area contributed by atoms with Crippen molar-refractivity contribution in [3.05, 3.63) is 47.5 Å². The van der Waals surface area contributed by atoms with Gasteiger partial charge in [0.15, 0.2) is 18.2 Å². The Bertz CT molecular complexity index is 1240. The summed E-state index contributed by atoms with van der Waals surface area (Å²) in [7, 11) is 0. The van der Waals surface area contributed by atoms with Crippen molar-refractivity contribution in [2.45, 2.75) is 80.9 Å². The second kappa shape index (κ2) is 11.7. The van der Waals surface area contributed by atoms with Crippen LogP contribution in [0.25, 0.3) is 0 Å². The zero-order valence-electron chi connectivity index (χ0n) is 21.8. The molecule has 3 aliphatic heterocycles. The number of benzene rings is 2. The highest BCUT2D eigenvalue weighted by Gasteiger charge is 2.50. The van der Waals surface area contributed by atoms with E-state index < -0.39 is 74.1 Å². The van der Waals surface area contributed by atoms with Gasteiger partial charge in [-0.2, -0.15) is 0 Å². The van der Waals surface area contributed by atoms with E-state index in [1.807, 2.05) is 0 Å². The van der Waals surface area contributed by atoms with Crippen LogP contribution in [0.3, 0.4) is 0 Å². The molecule has 2 saturated heterocycles. The van der Waals surface area contributed by atoms with Crippen LogP contribution in [0, 0.1) is 0 Å². The Morgan fingerprint density at radius 3 is 2.27 bits per heavy atom. The highest BCUT2D eigenvalue weighted by molar-refractivity contribution is 6.02. The molecule has 3 heterocycles. The monoisotopic (exact) mass is 580 g/mol. The Morgan fingerprint density at radius 1 is 0.878 bits per heavy atom. The molecular formula is C27H32O14. The van der Waals surface area contributed by atoms with E-state index in [0.717, 1.165) is 6.07 Å². The Balaban J connectivity index is 1.33. The predicted octanol–water partition coefficient (Wildman–Crippen LogP) is -1.17. The molecule has 0 radical (unpaired) electrons. The van der Waals surface area contributed by atoms with E-state index >= 15 is 0 Å². The van der Waals surface area contributed by atoms with E-state index in [4.69, 9.17) is 23.7 Å². The summed E-state index contributed by atoms with van der Waals surface area (Å²) >= 11 is 0. The number of aliphatic hydroxyl groups excluding tert-OH is 6. The SMILES string of the molecule is CC1OC(OC2C(Oc3ccc(C4CC(=O)c5c(O)cc(O)cc5O4)cc3)OC(CO)C(O)C2O)C(O)C(O)C1O. The van der Waals surface area contributed by atoms with E-state index in [0.29, 0.717) is 5.56 Å². The second-order valence-corrected chi connectivity index (χ2v) is 10.2. The fourth-order valence-electron chi connectivity index (χ4n) is 5.08. The molecule has 224 valence electrons. The van der Waals surface area contributed by atoms with Gasteiger partial charge in [0.2, 0.25) is 6.29 Å². The number of ether oxygens (including phenoxy) is 5. The molecule has 0 saturated carbocycles. The van der Waals surface area contributed by atoms with Gasteiger partial charge in [-0.25, -0.2) is 0 Å². The van der Waals surface area contributed by atoms with E-state index in [1.165, 1.54) is 25.1 Å². The molecule has 11 unspecified atom stereocenters. The number of ketones is 1. The minimum Gasteiger partial charge on any atom is -0.508 e. The van der Waals surface area contributed by atoms with Gasteiger partial charge in [0.1, 0.15) is 71.3 Å². The van der Waals surface area contributed by atoms with Crippen molar-refractivity contribution in [2.24, 2.45) is 0 Å². The third kappa shape index (κ3) is 5.70. The molecule has 0 spiro atoms. The number of rotatable bonds is 6. The largest absolute Gasteiger partial charge is 0.508 e. The maximum Gasteiger partial charge on any atom is 0.229 e. The van der Waals surface area contributed by atoms with Gasteiger partial charge >= 0.3 is 0 Å². The number of hydrogen-bond acceptors (Lipinski definition) is 14. The van der Waals surface area contributed by atoms with Crippen molar-refractivity contribution < 1.29 is 69.3 Å². The summed E-state index contributed by atoms with van der Waals surface area (Å²) in [5.41, 5.74) is 0.558. The second-order valence-electron chi connectivity index (χ2n) is 10.2. The molecule has 0 amide bonds. The van der Waals surface area contributed by atoms with E-state index in [1.54, 1.807) is 12.1 Å². The number of fused-ring (bicyclic) bond motifs is 1. The van der Waals surface area contributed by atoms with Crippen molar-refractivity contribution in [3.8, 4) is 23.0 Å². The number of hydrogen-bond donors (Lipinski definition) is 8. The van der Waals surface area contributed by atoms with Crippen molar-refractivity contribution in [2.75, 3.05) is 6.61 Å². The molecular weight excluding hydrogens is 548 g/mol. The average Bonchev–Trinajstić information content (AvgIpc) is 2.93. The van der Waals surface area contributed by atoms with Crippen molar-refractivity contribution in [1.82, 2.24) is 0 Å². The summed E-state index contributed by atoms with van der Waals surface area (Å²) in [6, 6.07) is 8.52. The molecule has 2 aromatic rings. The number of phenols is 2. The molecule has 3 aliphatic rings. The van der Waals surface area contributed by atoms with Crippen molar-refractivity contribution in [3.63, 3.8) is 0 Å². The third-order valence-corrected chi connectivity index (χ3v) is 7.41. The van der Waals surface area contributed by atoms with E-state index in [9.17, 15) is 45.6 Å². The minimum absolute atomic E-state index is 0.0119. The van der Waals surface area contributed by atoms with Crippen LogP contribution in [-0.2, 0) is 14.2 Å². The van der Waals surface area contributed by atoms with Gasteiger partial charge in [-0.1, -0.05) is 12.1 Å². The Labute approximate surface area is 233 Å². The Hall–Kier alpha value is -3.05. The number of carbonyl (C=O) groups excluding carboxylic acids is 1. The Morgan fingerprint density at radius 2 is 1.59 bits per heavy atom. The number of phenolic OH excluding ortho intramolecular Hbond substituents is 2. The number of carbonyl (C=O) groups is 1. The zero-order chi connectivity index (χ0) is 29.6. The lowest BCUT2D eigenvalue weighted by atomic mass is 9.95. The molecule has 2 aromatic carbocycles. The summed E-state index contributed by atoms with van der Waals surface area (Å²) in [5, 5.41) is 81.0. The number of Topliss-reactive ketones (excluding diaryl/α,β-unsaturated/α-hetero) is 1. The first kappa shape index (κ1) is 29.4. The lowest BCUT2D eigenvalue weighted by molar-refractivity contribution is -0.354. The van der Waals surface area contributed by atoms with E-state index in [2.05, 4.69) is 0 Å². The third-order valence-electron chi connectivity index (χ3n) is 7.41. The van der Waals surface area contributed by atoms with Crippen LogP contribution in [0.1, 0.15) is 35.4 Å². The van der Waals surface area contributed by atoms with Gasteiger partial charge in [-0.3, -0.25) is 4.79 Å². The van der Waals surface area contributed by atoms with Crippen LogP contribution >= 0.6 is 0 Å². The molecule has 0 aromatic heterocycles. The summed E-state index contributed by atoms with van der Waals surface area (Å²) in [6.07, 6.45) is -15.4. The van der Waals surface area contributed by atoms with Gasteiger partial charge in [0, 0.05) is 12.1 Å². The van der Waals surface area contributed by atoms with Gasteiger partial charge in [0.05, 0.1) is 19.1 Å². The molecule has 0 aliphatic carbocycles. The molecule has 5 rings (SSSR count). The van der Waals surface area contributed by atoms with Crippen LogP contribution in [-0.4, -0.2) is 115 Å². The first-order valence-electron chi connectivity index (χ1n) is 13.0. The highest BCUT2D eigenvalue weighted by Crippen LogP contribution is 2.42. The van der Waals surface area contributed by atoms with Crippen molar-refractivity contribution >= 4 is 5.78 Å². The quantitative estimate of drug-likeness (QED) is 0.202.